The number of thioether (sulfide) groups is 1. The first-order valence-corrected chi connectivity index (χ1v) is 9.65. The van der Waals surface area contributed by atoms with E-state index in [4.69, 9.17) is 16.1 Å². The normalized spacial score (nSPS) is 11.1. The molecule has 0 saturated heterocycles. The summed E-state index contributed by atoms with van der Waals surface area (Å²) in [5.74, 6) is 2.45. The number of hydrogen-bond acceptors (Lipinski definition) is 6. The average Bonchev–Trinajstić information content (AvgIpc) is 3.28. The van der Waals surface area contributed by atoms with Crippen molar-refractivity contribution in [1.82, 2.24) is 24.9 Å². The molecule has 0 aliphatic carbocycles. The highest BCUT2D eigenvalue weighted by molar-refractivity contribution is 7.98. The molecular formula is C19H16ClN5OS. The van der Waals surface area contributed by atoms with Gasteiger partial charge in [0.15, 0.2) is 11.0 Å². The van der Waals surface area contributed by atoms with E-state index in [0.29, 0.717) is 22.5 Å². The fourth-order valence-electron chi connectivity index (χ4n) is 2.66. The topological polar surface area (TPSA) is 69.6 Å². The van der Waals surface area contributed by atoms with Crippen LogP contribution in [0.15, 0.2) is 58.2 Å². The monoisotopic (exact) mass is 397 g/mol. The van der Waals surface area contributed by atoms with Crippen molar-refractivity contribution in [3.63, 3.8) is 0 Å². The second-order valence-electron chi connectivity index (χ2n) is 5.99. The number of aromatic nitrogens is 5. The lowest BCUT2D eigenvalue weighted by molar-refractivity contribution is 0.391. The van der Waals surface area contributed by atoms with Crippen molar-refractivity contribution >= 4 is 23.4 Å². The third kappa shape index (κ3) is 3.74. The van der Waals surface area contributed by atoms with Crippen LogP contribution in [0.5, 0.6) is 0 Å². The first kappa shape index (κ1) is 17.8. The number of halogens is 1. The van der Waals surface area contributed by atoms with Gasteiger partial charge in [0.25, 0.3) is 0 Å². The van der Waals surface area contributed by atoms with Gasteiger partial charge in [0, 0.05) is 23.2 Å². The van der Waals surface area contributed by atoms with E-state index >= 15 is 0 Å². The van der Waals surface area contributed by atoms with Gasteiger partial charge in [-0.15, -0.1) is 10.2 Å². The number of benzene rings is 2. The van der Waals surface area contributed by atoms with Crippen molar-refractivity contribution < 1.29 is 4.52 Å². The molecule has 2 aromatic carbocycles. The Hall–Kier alpha value is -2.64. The molecule has 6 nitrogen and oxygen atoms in total. The van der Waals surface area contributed by atoms with Crippen molar-refractivity contribution in [3.05, 3.63) is 65.0 Å². The molecule has 0 bridgehead atoms. The van der Waals surface area contributed by atoms with Crippen LogP contribution in [0, 0.1) is 6.92 Å². The third-order valence-electron chi connectivity index (χ3n) is 4.12. The van der Waals surface area contributed by atoms with Gasteiger partial charge in [-0.25, -0.2) is 0 Å². The Balaban J connectivity index is 1.48. The molecule has 8 heteroatoms. The molecular weight excluding hydrogens is 382 g/mol. The molecule has 0 saturated carbocycles. The molecule has 0 aliphatic rings. The lowest BCUT2D eigenvalue weighted by atomic mass is 10.1. The van der Waals surface area contributed by atoms with Crippen LogP contribution in [0.4, 0.5) is 0 Å². The van der Waals surface area contributed by atoms with Crippen LogP contribution in [0.1, 0.15) is 11.5 Å². The van der Waals surface area contributed by atoms with Crippen molar-refractivity contribution in [3.8, 4) is 22.8 Å². The van der Waals surface area contributed by atoms with Crippen LogP contribution in [-0.2, 0) is 12.8 Å². The molecule has 0 fully saturated rings. The fraction of sp³-hybridized carbons (Fsp3) is 0.158. The van der Waals surface area contributed by atoms with Crippen molar-refractivity contribution in [2.45, 2.75) is 17.8 Å². The summed E-state index contributed by atoms with van der Waals surface area (Å²) >= 11 is 7.45. The zero-order valence-electron chi connectivity index (χ0n) is 14.8. The van der Waals surface area contributed by atoms with E-state index in [2.05, 4.69) is 20.3 Å². The molecule has 0 atom stereocenters. The summed E-state index contributed by atoms with van der Waals surface area (Å²) in [7, 11) is 1.93. The van der Waals surface area contributed by atoms with E-state index in [1.807, 2.05) is 67.1 Å². The molecule has 0 radical (unpaired) electrons. The highest BCUT2D eigenvalue weighted by atomic mass is 35.5. The van der Waals surface area contributed by atoms with Crippen molar-refractivity contribution in [2.24, 2.45) is 7.05 Å². The lowest BCUT2D eigenvalue weighted by Gasteiger charge is -2.03. The van der Waals surface area contributed by atoms with Crippen molar-refractivity contribution in [2.75, 3.05) is 0 Å². The van der Waals surface area contributed by atoms with Gasteiger partial charge < -0.3 is 9.09 Å². The van der Waals surface area contributed by atoms with Gasteiger partial charge in [-0.1, -0.05) is 52.8 Å². The Morgan fingerprint density at radius 3 is 2.63 bits per heavy atom. The molecule has 0 N–H and O–H groups in total. The minimum Gasteiger partial charge on any atom is -0.338 e. The van der Waals surface area contributed by atoms with Gasteiger partial charge >= 0.3 is 0 Å². The quantitative estimate of drug-likeness (QED) is 0.451. The Morgan fingerprint density at radius 1 is 1.07 bits per heavy atom. The molecule has 0 unspecified atom stereocenters. The molecule has 0 spiro atoms. The van der Waals surface area contributed by atoms with Gasteiger partial charge in [0.1, 0.15) is 0 Å². The van der Waals surface area contributed by atoms with Crippen LogP contribution in [0.2, 0.25) is 5.02 Å². The first-order valence-electron chi connectivity index (χ1n) is 8.28. The predicted molar refractivity (Wildman–Crippen MR) is 105 cm³/mol. The fourth-order valence-corrected chi connectivity index (χ4v) is 3.54. The third-order valence-corrected chi connectivity index (χ3v) is 5.37. The van der Waals surface area contributed by atoms with Gasteiger partial charge in [0.2, 0.25) is 11.7 Å². The second kappa shape index (κ2) is 7.54. The van der Waals surface area contributed by atoms with Gasteiger partial charge in [0.05, 0.1) is 5.75 Å². The first-order chi connectivity index (χ1) is 13.1. The predicted octanol–water partition coefficient (Wildman–Crippen LogP) is 4.79. The minimum atomic E-state index is 0.519. The maximum atomic E-state index is 5.95. The van der Waals surface area contributed by atoms with Crippen LogP contribution in [0.25, 0.3) is 22.8 Å². The molecule has 136 valence electrons. The highest BCUT2D eigenvalue weighted by Gasteiger charge is 2.14. The summed E-state index contributed by atoms with van der Waals surface area (Å²) in [6, 6.07) is 15.5. The zero-order chi connectivity index (χ0) is 18.8. The van der Waals surface area contributed by atoms with E-state index in [9.17, 15) is 0 Å². The van der Waals surface area contributed by atoms with E-state index < -0.39 is 0 Å². The number of rotatable bonds is 5. The van der Waals surface area contributed by atoms with E-state index in [1.165, 1.54) is 11.8 Å². The number of aryl methyl sites for hydroxylation is 1. The summed E-state index contributed by atoms with van der Waals surface area (Å²) in [6.45, 7) is 2.03. The minimum absolute atomic E-state index is 0.519. The summed E-state index contributed by atoms with van der Waals surface area (Å²) < 4.78 is 7.32. The lowest BCUT2D eigenvalue weighted by Crippen LogP contribution is -1.95. The molecule has 0 amide bonds. The van der Waals surface area contributed by atoms with Crippen LogP contribution in [0.3, 0.4) is 0 Å². The number of hydrogen-bond donors (Lipinski definition) is 0. The van der Waals surface area contributed by atoms with E-state index in [0.717, 1.165) is 27.7 Å². The van der Waals surface area contributed by atoms with Crippen LogP contribution >= 0.6 is 23.4 Å². The number of nitrogens with zero attached hydrogens (tertiary/aromatic N) is 5. The maximum absolute atomic E-state index is 5.95. The molecule has 4 aromatic rings. The summed E-state index contributed by atoms with van der Waals surface area (Å²) in [5.41, 5.74) is 3.04. The standard InChI is InChI=1S/C19H16ClN5OS/c1-12-5-3-4-6-15(12)17-21-16(26-24-17)11-27-19-23-22-18(25(19)2)13-7-9-14(20)10-8-13/h3-10H,11H2,1-2H3. The molecule has 2 aromatic heterocycles. The molecule has 4 rings (SSSR count). The van der Waals surface area contributed by atoms with Gasteiger partial charge in [-0.2, -0.15) is 4.98 Å². The summed E-state index contributed by atoms with van der Waals surface area (Å²) in [4.78, 5) is 4.49. The largest absolute Gasteiger partial charge is 0.338 e. The molecule has 0 aliphatic heterocycles. The van der Waals surface area contributed by atoms with Crippen molar-refractivity contribution in [1.29, 1.82) is 0 Å². The Kier molecular flexibility index (Phi) is 4.96. The molecule has 27 heavy (non-hydrogen) atoms. The summed E-state index contributed by atoms with van der Waals surface area (Å²) in [6.07, 6.45) is 0. The van der Waals surface area contributed by atoms with Crippen LogP contribution in [-0.4, -0.2) is 24.9 Å². The highest BCUT2D eigenvalue weighted by Crippen LogP contribution is 2.27. The van der Waals surface area contributed by atoms with E-state index in [1.54, 1.807) is 0 Å². The smallest absolute Gasteiger partial charge is 0.237 e. The average molecular weight is 398 g/mol. The Bertz CT molecular complexity index is 1070. The summed E-state index contributed by atoms with van der Waals surface area (Å²) in [5, 5.41) is 14.1. The van der Waals surface area contributed by atoms with Gasteiger partial charge in [-0.05, 0) is 36.8 Å². The SMILES string of the molecule is Cc1ccccc1-c1noc(CSc2nnc(-c3ccc(Cl)cc3)n2C)n1. The Morgan fingerprint density at radius 2 is 1.85 bits per heavy atom. The van der Waals surface area contributed by atoms with Crippen LogP contribution < -0.4 is 0 Å². The zero-order valence-corrected chi connectivity index (χ0v) is 16.3. The second-order valence-corrected chi connectivity index (χ2v) is 7.37. The maximum Gasteiger partial charge on any atom is 0.237 e. The Labute approximate surface area is 165 Å². The van der Waals surface area contributed by atoms with E-state index in [-0.39, 0.29) is 0 Å². The van der Waals surface area contributed by atoms with Gasteiger partial charge in [-0.3, -0.25) is 0 Å². The molecule has 2 heterocycles.